The SMILES string of the molecule is Cc1occc1C(=O)Nc1cccc(-c2nc(CNC(=O)CC3=CCCCC3)c(C)o2)c1. The predicted octanol–water partition coefficient (Wildman–Crippen LogP) is 5.31. The van der Waals surface area contributed by atoms with Crippen LogP contribution < -0.4 is 10.6 Å². The number of hydrogen-bond donors (Lipinski definition) is 2. The highest BCUT2D eigenvalue weighted by Gasteiger charge is 2.16. The lowest BCUT2D eigenvalue weighted by molar-refractivity contribution is -0.120. The van der Waals surface area contributed by atoms with E-state index in [1.807, 2.05) is 19.1 Å². The molecule has 1 aliphatic carbocycles. The van der Waals surface area contributed by atoms with Gasteiger partial charge in [-0.1, -0.05) is 17.7 Å². The van der Waals surface area contributed by atoms with E-state index in [0.717, 1.165) is 24.8 Å². The molecule has 166 valence electrons. The van der Waals surface area contributed by atoms with Crippen LogP contribution in [0.2, 0.25) is 0 Å². The van der Waals surface area contributed by atoms with Crippen LogP contribution in [-0.4, -0.2) is 16.8 Å². The van der Waals surface area contributed by atoms with Gasteiger partial charge < -0.3 is 19.5 Å². The molecule has 0 saturated heterocycles. The number of benzene rings is 1. The zero-order valence-electron chi connectivity index (χ0n) is 18.4. The van der Waals surface area contributed by atoms with E-state index in [0.29, 0.717) is 47.3 Å². The van der Waals surface area contributed by atoms with E-state index in [1.165, 1.54) is 18.3 Å². The van der Waals surface area contributed by atoms with Crippen molar-refractivity contribution in [3.05, 3.63) is 71.0 Å². The Morgan fingerprint density at radius 2 is 2.00 bits per heavy atom. The van der Waals surface area contributed by atoms with Crippen molar-refractivity contribution < 1.29 is 18.4 Å². The molecule has 0 radical (unpaired) electrons. The molecular weight excluding hydrogens is 406 g/mol. The number of carbonyl (C=O) groups excluding carboxylic acids is 2. The Balaban J connectivity index is 1.40. The first-order chi connectivity index (χ1) is 15.5. The molecule has 1 aromatic carbocycles. The molecule has 0 bridgehead atoms. The third-order valence-corrected chi connectivity index (χ3v) is 5.59. The van der Waals surface area contributed by atoms with E-state index < -0.39 is 0 Å². The standard InChI is InChI=1S/C25H27N3O4/c1-16-21(11-12-31-16)24(30)27-20-10-6-9-19(14-20)25-28-22(17(2)32-25)15-26-23(29)13-18-7-4-3-5-8-18/h6-7,9-12,14H,3-5,8,13,15H2,1-2H3,(H,26,29)(H,27,30). The van der Waals surface area contributed by atoms with Gasteiger partial charge in [0.25, 0.3) is 5.91 Å². The number of hydrogen-bond acceptors (Lipinski definition) is 5. The van der Waals surface area contributed by atoms with Crippen LogP contribution in [0.25, 0.3) is 11.5 Å². The monoisotopic (exact) mass is 433 g/mol. The summed E-state index contributed by atoms with van der Waals surface area (Å²) >= 11 is 0. The van der Waals surface area contributed by atoms with Gasteiger partial charge in [-0.15, -0.1) is 0 Å². The minimum absolute atomic E-state index is 0.00125. The first-order valence-corrected chi connectivity index (χ1v) is 10.9. The van der Waals surface area contributed by atoms with Crippen molar-refractivity contribution in [3.63, 3.8) is 0 Å². The molecule has 0 spiro atoms. The molecule has 32 heavy (non-hydrogen) atoms. The third-order valence-electron chi connectivity index (χ3n) is 5.59. The number of furan rings is 1. The Morgan fingerprint density at radius 1 is 1.12 bits per heavy atom. The summed E-state index contributed by atoms with van der Waals surface area (Å²) in [4.78, 5) is 29.3. The summed E-state index contributed by atoms with van der Waals surface area (Å²) in [6.45, 7) is 3.89. The van der Waals surface area contributed by atoms with Crippen molar-refractivity contribution in [3.8, 4) is 11.5 Å². The molecule has 0 atom stereocenters. The van der Waals surface area contributed by atoms with Crippen molar-refractivity contribution in [2.24, 2.45) is 0 Å². The maximum Gasteiger partial charge on any atom is 0.259 e. The summed E-state index contributed by atoms with van der Waals surface area (Å²) in [6, 6.07) is 8.93. The molecule has 0 aliphatic heterocycles. The molecule has 0 unspecified atom stereocenters. The van der Waals surface area contributed by atoms with Gasteiger partial charge >= 0.3 is 0 Å². The number of rotatable bonds is 7. The molecule has 3 aromatic rings. The van der Waals surface area contributed by atoms with Gasteiger partial charge in [-0.3, -0.25) is 9.59 Å². The molecule has 2 N–H and O–H groups in total. The zero-order valence-corrected chi connectivity index (χ0v) is 18.4. The Hall–Kier alpha value is -3.61. The minimum atomic E-state index is -0.242. The lowest BCUT2D eigenvalue weighted by atomic mass is 9.97. The van der Waals surface area contributed by atoms with Crippen LogP contribution in [-0.2, 0) is 11.3 Å². The molecule has 2 amide bonds. The van der Waals surface area contributed by atoms with E-state index in [4.69, 9.17) is 8.83 Å². The number of allylic oxidation sites excluding steroid dienone is 1. The van der Waals surface area contributed by atoms with E-state index in [9.17, 15) is 9.59 Å². The average molecular weight is 434 g/mol. The Morgan fingerprint density at radius 3 is 2.75 bits per heavy atom. The first-order valence-electron chi connectivity index (χ1n) is 10.9. The predicted molar refractivity (Wildman–Crippen MR) is 121 cm³/mol. The van der Waals surface area contributed by atoms with Crippen LogP contribution in [0.1, 0.15) is 59.7 Å². The number of carbonyl (C=O) groups is 2. The fraction of sp³-hybridized carbons (Fsp3) is 0.320. The second-order valence-corrected chi connectivity index (χ2v) is 8.01. The molecule has 2 aromatic heterocycles. The van der Waals surface area contributed by atoms with Crippen molar-refractivity contribution >= 4 is 17.5 Å². The fourth-order valence-electron chi connectivity index (χ4n) is 3.78. The molecule has 0 fully saturated rings. The average Bonchev–Trinajstić information content (AvgIpc) is 3.38. The van der Waals surface area contributed by atoms with Crippen LogP contribution >= 0.6 is 0 Å². The highest BCUT2D eigenvalue weighted by molar-refractivity contribution is 6.05. The third kappa shape index (κ3) is 5.17. The highest BCUT2D eigenvalue weighted by atomic mass is 16.4. The van der Waals surface area contributed by atoms with Gasteiger partial charge in [-0.2, -0.15) is 0 Å². The Kier molecular flexibility index (Phi) is 6.54. The number of nitrogens with zero attached hydrogens (tertiary/aromatic N) is 1. The van der Waals surface area contributed by atoms with Crippen LogP contribution in [0.15, 0.2) is 57.1 Å². The van der Waals surface area contributed by atoms with Gasteiger partial charge in [0.15, 0.2) is 0 Å². The fourth-order valence-corrected chi connectivity index (χ4v) is 3.78. The number of amides is 2. The zero-order chi connectivity index (χ0) is 22.5. The quantitative estimate of drug-likeness (QED) is 0.492. The molecule has 7 heteroatoms. The molecule has 2 heterocycles. The van der Waals surface area contributed by atoms with Gasteiger partial charge in [-0.05, 0) is 63.8 Å². The number of anilines is 1. The highest BCUT2D eigenvalue weighted by Crippen LogP contribution is 2.25. The maximum atomic E-state index is 12.4. The summed E-state index contributed by atoms with van der Waals surface area (Å²) in [5, 5.41) is 5.81. The summed E-state index contributed by atoms with van der Waals surface area (Å²) < 4.78 is 11.0. The smallest absolute Gasteiger partial charge is 0.259 e. The largest absolute Gasteiger partial charge is 0.469 e. The van der Waals surface area contributed by atoms with Crippen LogP contribution in [0, 0.1) is 13.8 Å². The van der Waals surface area contributed by atoms with Crippen molar-refractivity contribution in [1.82, 2.24) is 10.3 Å². The van der Waals surface area contributed by atoms with Gasteiger partial charge in [-0.25, -0.2) is 4.98 Å². The van der Waals surface area contributed by atoms with E-state index in [1.54, 1.807) is 25.1 Å². The summed E-state index contributed by atoms with van der Waals surface area (Å²) in [5.74, 6) is 1.42. The van der Waals surface area contributed by atoms with Crippen LogP contribution in [0.5, 0.6) is 0 Å². The van der Waals surface area contributed by atoms with Crippen LogP contribution in [0.4, 0.5) is 5.69 Å². The maximum absolute atomic E-state index is 12.4. The number of aromatic nitrogens is 1. The lowest BCUT2D eigenvalue weighted by Gasteiger charge is -2.12. The van der Waals surface area contributed by atoms with E-state index in [-0.39, 0.29) is 11.8 Å². The van der Waals surface area contributed by atoms with Crippen molar-refractivity contribution in [2.45, 2.75) is 52.5 Å². The molecular formula is C25H27N3O4. The van der Waals surface area contributed by atoms with Gasteiger partial charge in [0.2, 0.25) is 11.8 Å². The number of oxazole rings is 1. The van der Waals surface area contributed by atoms with Crippen molar-refractivity contribution in [2.75, 3.05) is 5.32 Å². The normalized spacial score (nSPS) is 13.5. The summed E-state index contributed by atoms with van der Waals surface area (Å²) in [6.07, 6.45) is 8.56. The second-order valence-electron chi connectivity index (χ2n) is 8.01. The Labute approximate surface area is 186 Å². The molecule has 4 rings (SSSR count). The topological polar surface area (TPSA) is 97.4 Å². The minimum Gasteiger partial charge on any atom is -0.469 e. The summed E-state index contributed by atoms with van der Waals surface area (Å²) in [7, 11) is 0. The van der Waals surface area contributed by atoms with Gasteiger partial charge in [0.05, 0.1) is 18.4 Å². The summed E-state index contributed by atoms with van der Waals surface area (Å²) in [5.41, 5.74) is 3.76. The number of nitrogens with one attached hydrogen (secondary N) is 2. The van der Waals surface area contributed by atoms with Gasteiger partial charge in [0.1, 0.15) is 17.2 Å². The van der Waals surface area contributed by atoms with Crippen molar-refractivity contribution in [1.29, 1.82) is 0 Å². The number of aryl methyl sites for hydroxylation is 2. The molecule has 0 saturated carbocycles. The molecule has 7 nitrogen and oxygen atoms in total. The lowest BCUT2D eigenvalue weighted by Crippen LogP contribution is -2.23. The second kappa shape index (κ2) is 9.68. The van der Waals surface area contributed by atoms with E-state index >= 15 is 0 Å². The van der Waals surface area contributed by atoms with E-state index in [2.05, 4.69) is 21.7 Å². The molecule has 1 aliphatic rings. The first kappa shape index (κ1) is 21.6. The van der Waals surface area contributed by atoms with Gasteiger partial charge in [0, 0.05) is 17.7 Å². The van der Waals surface area contributed by atoms with Crippen LogP contribution in [0.3, 0.4) is 0 Å². The Bertz CT molecular complexity index is 1160.